The summed E-state index contributed by atoms with van der Waals surface area (Å²) in [6.07, 6.45) is -14.8. The Bertz CT molecular complexity index is 3150. The number of methoxy groups -OCH3 is 2. The van der Waals surface area contributed by atoms with E-state index in [1.54, 1.807) is 62.8 Å². The third-order valence-electron chi connectivity index (χ3n) is 14.7. The first-order valence-electron chi connectivity index (χ1n) is 28.0. The van der Waals surface area contributed by atoms with E-state index in [1.165, 1.54) is 36.7 Å². The number of aromatic nitrogens is 2. The van der Waals surface area contributed by atoms with E-state index in [0.29, 0.717) is 99.2 Å². The SMILES string of the molecule is COCCN1CCC(C(=O)NOC2CCCCO2)(S(=O)(=O)c2ccc(-c3ccc(CCCC(F)(F)F)cn3)cc2)CC1.COCCN1CCC(C(=O)O)(S(=O)(=O)c2ccc(-c3ccc(CCCC(F)(F)F)cn3)cc2)CC1.O=C(O)C(F)(F)F.O=C(O)C(F)(F)F. The molecule has 508 valence electrons. The number of amides is 1. The van der Waals surface area contributed by atoms with Crippen LogP contribution in [0, 0.1) is 0 Å². The number of hydroxylamine groups is 1. The van der Waals surface area contributed by atoms with Crippen LogP contribution >= 0.6 is 0 Å². The fraction of sp³-hybridized carbons (Fsp3) is 0.544. The fourth-order valence-electron chi connectivity index (χ4n) is 9.48. The van der Waals surface area contributed by atoms with Gasteiger partial charge in [-0.05, 0) is 112 Å². The highest BCUT2D eigenvalue weighted by Gasteiger charge is 2.55. The summed E-state index contributed by atoms with van der Waals surface area (Å²) >= 11 is 0. The van der Waals surface area contributed by atoms with E-state index in [4.69, 9.17) is 38.9 Å². The van der Waals surface area contributed by atoms with Gasteiger partial charge in [0.25, 0.3) is 5.91 Å². The molecular weight excluding hydrogens is 1290 g/mol. The number of ether oxygens (including phenoxy) is 3. The first-order valence-corrected chi connectivity index (χ1v) is 31.0. The Kier molecular flexibility index (Phi) is 28.6. The summed E-state index contributed by atoms with van der Waals surface area (Å²) in [5.41, 5.74) is 6.11. The summed E-state index contributed by atoms with van der Waals surface area (Å²) in [5, 5.41) is 24.2. The van der Waals surface area contributed by atoms with Crippen molar-refractivity contribution in [3.05, 3.63) is 96.3 Å². The lowest BCUT2D eigenvalue weighted by molar-refractivity contribution is -0.202. The standard InChI is InChI=1S/C29H38F3N3O6S.C24H29F3N2O5S.2C2HF3O2/c1-39-20-18-35-16-14-28(15-17-35,27(36)34-41-26-6-2-3-19-40-26)42(37,38)24-10-8-23(9-11-24)25-12-7-22(21-33-25)5-4-13-29(30,31)32;1-34-16-15-29-13-11-23(12-14-29,22(30)31)35(32,33)20-7-5-19(6-8-20)21-9-4-18(17-28-21)3-2-10-24(25,26)27;2*3-2(4,5)1(6)7/h7-12,21,26H,2-6,13-20H2,1H3,(H,34,36);4-9,17H,2-3,10-16H2,1H3,(H,30,31);2*(H,6,7). The molecule has 1 unspecified atom stereocenters. The van der Waals surface area contributed by atoms with Crippen molar-refractivity contribution >= 4 is 43.5 Å². The van der Waals surface area contributed by atoms with Gasteiger partial charge in [-0.1, -0.05) is 36.4 Å². The van der Waals surface area contributed by atoms with Gasteiger partial charge in [0.1, 0.15) is 0 Å². The van der Waals surface area contributed by atoms with E-state index in [9.17, 15) is 84.2 Å². The Morgan fingerprint density at radius 3 is 1.26 bits per heavy atom. The van der Waals surface area contributed by atoms with Gasteiger partial charge >= 0.3 is 42.6 Å². The third-order valence-corrected chi connectivity index (χ3v) is 19.7. The molecule has 0 aliphatic carbocycles. The molecule has 2 aromatic carbocycles. The lowest BCUT2D eigenvalue weighted by atomic mass is 9.95. The Hall–Kier alpha value is -6.56. The second kappa shape index (κ2) is 33.8. The molecule has 20 nitrogen and oxygen atoms in total. The maximum absolute atomic E-state index is 14.1. The third kappa shape index (κ3) is 23.2. The average Bonchev–Trinajstić information content (AvgIpc) is 0.756. The van der Waals surface area contributed by atoms with Gasteiger partial charge in [0.05, 0.1) is 34.4 Å². The smallest absolute Gasteiger partial charge is 0.480 e. The van der Waals surface area contributed by atoms with Gasteiger partial charge in [0, 0.05) is 103 Å². The molecule has 1 amide bonds. The largest absolute Gasteiger partial charge is 0.490 e. The minimum atomic E-state index is -5.08. The van der Waals surface area contributed by atoms with Crippen LogP contribution < -0.4 is 5.48 Å². The monoisotopic (exact) mass is 1360 g/mol. The van der Waals surface area contributed by atoms with Crippen LogP contribution in [-0.2, 0) is 70.7 Å². The molecule has 0 spiro atoms. The number of sulfone groups is 2. The molecule has 4 aromatic rings. The maximum Gasteiger partial charge on any atom is 0.490 e. The van der Waals surface area contributed by atoms with E-state index < -0.39 is 96.8 Å². The zero-order valence-corrected chi connectivity index (χ0v) is 50.7. The van der Waals surface area contributed by atoms with Gasteiger partial charge in [-0.25, -0.2) is 36.7 Å². The van der Waals surface area contributed by atoms with Crippen LogP contribution in [0.4, 0.5) is 52.7 Å². The summed E-state index contributed by atoms with van der Waals surface area (Å²) in [5.74, 6) is -7.58. The van der Waals surface area contributed by atoms with Crippen LogP contribution in [0.15, 0.2) is 95.0 Å². The van der Waals surface area contributed by atoms with Crippen molar-refractivity contribution in [2.75, 3.05) is 73.3 Å². The van der Waals surface area contributed by atoms with Gasteiger partial charge < -0.3 is 39.3 Å². The van der Waals surface area contributed by atoms with Crippen molar-refractivity contribution in [3.63, 3.8) is 0 Å². The number of carboxylic acids is 3. The van der Waals surface area contributed by atoms with Crippen molar-refractivity contribution in [2.24, 2.45) is 0 Å². The summed E-state index contributed by atoms with van der Waals surface area (Å²) in [4.78, 5) is 61.6. The molecule has 3 aliphatic heterocycles. The number of hydrogen-bond acceptors (Lipinski definition) is 16. The number of aryl methyl sites for hydroxylation is 2. The Labute approximate surface area is 516 Å². The van der Waals surface area contributed by atoms with Crippen LogP contribution in [0.3, 0.4) is 0 Å². The van der Waals surface area contributed by atoms with E-state index >= 15 is 0 Å². The maximum atomic E-state index is 14.1. The van der Waals surface area contributed by atoms with Crippen molar-refractivity contribution < 1.29 is 123 Å². The van der Waals surface area contributed by atoms with Crippen LogP contribution in [0.1, 0.15) is 81.8 Å². The Morgan fingerprint density at radius 2 is 0.956 bits per heavy atom. The van der Waals surface area contributed by atoms with E-state index in [0.717, 1.165) is 12.8 Å². The first-order chi connectivity index (χ1) is 42.4. The van der Waals surface area contributed by atoms with Crippen molar-refractivity contribution in [3.8, 4) is 22.5 Å². The molecule has 2 aromatic heterocycles. The molecule has 1 atom stereocenters. The lowest BCUT2D eigenvalue weighted by Gasteiger charge is -2.40. The summed E-state index contributed by atoms with van der Waals surface area (Å²) in [7, 11) is -5.14. The molecule has 0 bridgehead atoms. The molecule has 3 aliphatic rings. The number of piperidine rings is 2. The predicted octanol–water partition coefficient (Wildman–Crippen LogP) is 9.70. The number of rotatable bonds is 22. The summed E-state index contributed by atoms with van der Waals surface area (Å²) in [6.45, 7) is 4.20. The lowest BCUT2D eigenvalue weighted by Crippen LogP contribution is -2.58. The highest BCUT2D eigenvalue weighted by molar-refractivity contribution is 7.94. The van der Waals surface area contributed by atoms with E-state index in [2.05, 4.69) is 20.3 Å². The van der Waals surface area contributed by atoms with Crippen molar-refractivity contribution in [1.29, 1.82) is 0 Å². The quantitative estimate of drug-likeness (QED) is 0.0421. The number of aliphatic carboxylic acids is 3. The minimum Gasteiger partial charge on any atom is -0.480 e. The Balaban J connectivity index is 0.000000324. The molecule has 3 saturated heterocycles. The number of hydrogen-bond donors (Lipinski definition) is 4. The average molecular weight is 1360 g/mol. The molecule has 4 N–H and O–H groups in total. The van der Waals surface area contributed by atoms with Gasteiger partial charge in [-0.2, -0.15) is 52.7 Å². The molecule has 34 heteroatoms. The van der Waals surface area contributed by atoms with Gasteiger partial charge in [-0.15, -0.1) is 0 Å². The molecule has 5 heterocycles. The molecule has 0 saturated carbocycles. The number of likely N-dealkylation sites (tertiary alicyclic amines) is 2. The molecular formula is C57H69F12N5O15S2. The molecule has 7 rings (SSSR count). The topological polar surface area (TPSA) is 278 Å². The number of carbonyl (C=O) groups excluding carboxylic acids is 1. The minimum absolute atomic E-state index is 0.00410. The normalized spacial score (nSPS) is 17.4. The Morgan fingerprint density at radius 1 is 0.582 bits per heavy atom. The number of nitrogens with zero attached hydrogens (tertiary/aromatic N) is 4. The first kappa shape index (κ1) is 76.9. The second-order valence-electron chi connectivity index (χ2n) is 21.0. The number of halogens is 12. The van der Waals surface area contributed by atoms with Crippen molar-refractivity contribution in [2.45, 2.75) is 134 Å². The number of nitrogens with one attached hydrogen (secondary N) is 1. The zero-order valence-electron chi connectivity index (χ0n) is 49.1. The second-order valence-corrected chi connectivity index (χ2v) is 25.5. The molecule has 0 radical (unpaired) electrons. The summed E-state index contributed by atoms with van der Waals surface area (Å²) < 4.78 is 205. The van der Waals surface area contributed by atoms with Gasteiger partial charge in [-0.3, -0.25) is 19.6 Å². The van der Waals surface area contributed by atoms with E-state index in [1.807, 2.05) is 4.90 Å². The van der Waals surface area contributed by atoms with E-state index in [-0.39, 0.29) is 61.2 Å². The van der Waals surface area contributed by atoms with Crippen LogP contribution in [0.25, 0.3) is 22.5 Å². The van der Waals surface area contributed by atoms with Crippen LogP contribution in [0.5, 0.6) is 0 Å². The number of benzene rings is 2. The number of carbonyl (C=O) groups is 4. The highest BCUT2D eigenvalue weighted by Crippen LogP contribution is 2.39. The van der Waals surface area contributed by atoms with Gasteiger partial charge in [0.15, 0.2) is 35.5 Å². The number of alkyl halides is 12. The predicted molar refractivity (Wildman–Crippen MR) is 300 cm³/mol. The highest BCUT2D eigenvalue weighted by atomic mass is 32.2. The molecule has 3 fully saturated rings. The summed E-state index contributed by atoms with van der Waals surface area (Å²) in [6, 6.07) is 18.8. The van der Waals surface area contributed by atoms with Crippen molar-refractivity contribution in [1.82, 2.24) is 25.2 Å². The van der Waals surface area contributed by atoms with Crippen LogP contribution in [-0.4, -0.2) is 190 Å². The fourth-order valence-corrected chi connectivity index (χ4v) is 13.3. The number of carboxylic acid groups (broad SMARTS) is 3. The van der Waals surface area contributed by atoms with Crippen LogP contribution in [0.2, 0.25) is 0 Å². The van der Waals surface area contributed by atoms with Gasteiger partial charge in [0.2, 0.25) is 0 Å². The zero-order chi connectivity index (χ0) is 68.1. The molecule has 91 heavy (non-hydrogen) atoms. The number of pyridine rings is 2.